The lowest BCUT2D eigenvalue weighted by Crippen LogP contribution is -2.53. The fraction of sp³-hybridized carbons (Fsp3) is 0.467. The maximum Gasteiger partial charge on any atom is 0.341 e. The molecule has 0 fully saturated rings. The van der Waals surface area contributed by atoms with Crippen molar-refractivity contribution in [1.82, 2.24) is 0 Å². The van der Waals surface area contributed by atoms with Gasteiger partial charge in [0.05, 0.1) is 11.1 Å². The minimum Gasteiger partial charge on any atom is -0.480 e. The number of benzene rings is 1. The normalized spacial score (nSPS) is 11.9. The standard InChI is InChI=1S/C15H22N2O4/c1-14(2,15(3,4)16)13(20)17-10-7-5-6-8-11(10)21-9-12(18)19/h5-8H,9,16H2,1-4H3,(H,17,20)(H,18,19). The molecule has 1 amide bonds. The highest BCUT2D eigenvalue weighted by Gasteiger charge is 2.40. The van der Waals surface area contributed by atoms with Gasteiger partial charge in [-0.05, 0) is 39.8 Å². The van der Waals surface area contributed by atoms with Crippen LogP contribution in [0.5, 0.6) is 5.75 Å². The first-order valence-corrected chi connectivity index (χ1v) is 6.59. The number of carboxylic acids is 1. The maximum atomic E-state index is 12.4. The third kappa shape index (κ3) is 4.19. The second-order valence-corrected chi connectivity index (χ2v) is 5.98. The summed E-state index contributed by atoms with van der Waals surface area (Å²) in [5.41, 5.74) is 4.93. The molecule has 4 N–H and O–H groups in total. The molecule has 0 aliphatic rings. The van der Waals surface area contributed by atoms with Gasteiger partial charge in [0.25, 0.3) is 0 Å². The molecule has 1 aromatic rings. The molecule has 0 aliphatic carbocycles. The second kappa shape index (κ2) is 6.13. The van der Waals surface area contributed by atoms with Gasteiger partial charge in [0.15, 0.2) is 6.61 Å². The minimum atomic E-state index is -1.08. The highest BCUT2D eigenvalue weighted by Crippen LogP contribution is 2.32. The van der Waals surface area contributed by atoms with Crippen molar-refractivity contribution in [2.45, 2.75) is 33.2 Å². The van der Waals surface area contributed by atoms with Gasteiger partial charge in [0.1, 0.15) is 5.75 Å². The minimum absolute atomic E-state index is 0.263. The number of amides is 1. The zero-order valence-electron chi connectivity index (χ0n) is 12.8. The lowest BCUT2D eigenvalue weighted by molar-refractivity contribution is -0.139. The van der Waals surface area contributed by atoms with Gasteiger partial charge in [-0.2, -0.15) is 0 Å². The number of nitrogens with one attached hydrogen (secondary N) is 1. The van der Waals surface area contributed by atoms with Crippen LogP contribution < -0.4 is 15.8 Å². The van der Waals surface area contributed by atoms with E-state index in [1.54, 1.807) is 52.0 Å². The number of hydrogen-bond donors (Lipinski definition) is 3. The van der Waals surface area contributed by atoms with Gasteiger partial charge < -0.3 is 20.9 Å². The highest BCUT2D eigenvalue weighted by molar-refractivity contribution is 5.97. The molecule has 1 aromatic carbocycles. The average Bonchev–Trinajstić information content (AvgIpc) is 2.36. The SMILES string of the molecule is CC(C)(N)C(C)(C)C(=O)Nc1ccccc1OCC(=O)O. The molecule has 0 atom stereocenters. The average molecular weight is 294 g/mol. The van der Waals surface area contributed by atoms with Crippen LogP contribution in [0, 0.1) is 5.41 Å². The summed E-state index contributed by atoms with van der Waals surface area (Å²) in [7, 11) is 0. The molecule has 6 nitrogen and oxygen atoms in total. The van der Waals surface area contributed by atoms with Crippen LogP contribution in [0.4, 0.5) is 5.69 Å². The summed E-state index contributed by atoms with van der Waals surface area (Å²) in [6, 6.07) is 6.67. The van der Waals surface area contributed by atoms with Gasteiger partial charge in [-0.3, -0.25) is 4.79 Å². The molecule has 0 bridgehead atoms. The number of aliphatic carboxylic acids is 1. The van der Waals surface area contributed by atoms with E-state index in [0.717, 1.165) is 0 Å². The van der Waals surface area contributed by atoms with Crippen molar-refractivity contribution in [3.8, 4) is 5.75 Å². The monoisotopic (exact) mass is 294 g/mol. The van der Waals surface area contributed by atoms with Crippen LogP contribution in [0.25, 0.3) is 0 Å². The lowest BCUT2D eigenvalue weighted by atomic mass is 9.74. The Labute approximate surface area is 124 Å². The van der Waals surface area contributed by atoms with E-state index in [4.69, 9.17) is 15.6 Å². The molecule has 1 rings (SSSR count). The van der Waals surface area contributed by atoms with Crippen LogP contribution in [-0.4, -0.2) is 29.1 Å². The van der Waals surface area contributed by atoms with Gasteiger partial charge in [-0.25, -0.2) is 4.79 Å². The second-order valence-electron chi connectivity index (χ2n) is 5.98. The summed E-state index contributed by atoms with van der Waals surface area (Å²) in [4.78, 5) is 23.0. The summed E-state index contributed by atoms with van der Waals surface area (Å²) >= 11 is 0. The fourth-order valence-electron chi connectivity index (χ4n) is 1.41. The Hall–Kier alpha value is -2.08. The van der Waals surface area contributed by atoms with E-state index in [2.05, 4.69) is 5.32 Å². The smallest absolute Gasteiger partial charge is 0.341 e. The van der Waals surface area contributed by atoms with Crippen molar-refractivity contribution in [3.05, 3.63) is 24.3 Å². The number of carbonyl (C=O) groups excluding carboxylic acids is 1. The van der Waals surface area contributed by atoms with Gasteiger partial charge >= 0.3 is 5.97 Å². The molecule has 0 radical (unpaired) electrons. The third-order valence-corrected chi connectivity index (χ3v) is 3.66. The van der Waals surface area contributed by atoms with Crippen LogP contribution in [0.15, 0.2) is 24.3 Å². The highest BCUT2D eigenvalue weighted by atomic mass is 16.5. The van der Waals surface area contributed by atoms with E-state index in [1.807, 2.05) is 0 Å². The van der Waals surface area contributed by atoms with E-state index in [-0.39, 0.29) is 5.91 Å². The maximum absolute atomic E-state index is 12.4. The van der Waals surface area contributed by atoms with Crippen LogP contribution >= 0.6 is 0 Å². The first-order chi connectivity index (χ1) is 9.55. The van der Waals surface area contributed by atoms with Crippen LogP contribution in [-0.2, 0) is 9.59 Å². The number of carboxylic acid groups (broad SMARTS) is 1. The van der Waals surface area contributed by atoms with Crippen LogP contribution in [0.2, 0.25) is 0 Å². The molecule has 6 heteroatoms. The number of para-hydroxylation sites is 2. The number of nitrogens with two attached hydrogens (primary N) is 1. The zero-order valence-corrected chi connectivity index (χ0v) is 12.8. The molecule has 0 saturated heterocycles. The van der Waals surface area contributed by atoms with E-state index in [0.29, 0.717) is 11.4 Å². The predicted octanol–water partition coefficient (Wildman–Crippen LogP) is 1.85. The molecular formula is C15H22N2O4. The van der Waals surface area contributed by atoms with Crippen LogP contribution in [0.1, 0.15) is 27.7 Å². The molecule has 116 valence electrons. The number of rotatable bonds is 6. The Morgan fingerprint density at radius 1 is 1.24 bits per heavy atom. The Balaban J connectivity index is 2.93. The van der Waals surface area contributed by atoms with Gasteiger partial charge in [-0.15, -0.1) is 0 Å². The zero-order chi connectivity index (χ0) is 16.3. The molecule has 0 unspecified atom stereocenters. The van der Waals surface area contributed by atoms with Crippen molar-refractivity contribution in [1.29, 1.82) is 0 Å². The van der Waals surface area contributed by atoms with Gasteiger partial charge in [0, 0.05) is 5.54 Å². The number of ether oxygens (including phenoxy) is 1. The summed E-state index contributed by atoms with van der Waals surface area (Å²) in [6.45, 7) is 6.59. The lowest BCUT2D eigenvalue weighted by Gasteiger charge is -2.37. The molecular weight excluding hydrogens is 272 g/mol. The Kier molecular flexibility index (Phi) is 4.96. The summed E-state index contributed by atoms with van der Waals surface area (Å²) in [5.74, 6) is -1.04. The number of anilines is 1. The molecule has 0 heterocycles. The summed E-state index contributed by atoms with van der Waals surface area (Å²) in [6.07, 6.45) is 0. The Morgan fingerprint density at radius 2 is 1.81 bits per heavy atom. The predicted molar refractivity (Wildman–Crippen MR) is 80.2 cm³/mol. The van der Waals surface area contributed by atoms with Crippen molar-refractivity contribution < 1.29 is 19.4 Å². The summed E-state index contributed by atoms with van der Waals surface area (Å²) in [5, 5.41) is 11.4. The van der Waals surface area contributed by atoms with Gasteiger partial charge in [0.2, 0.25) is 5.91 Å². The number of carbonyl (C=O) groups is 2. The van der Waals surface area contributed by atoms with E-state index in [9.17, 15) is 9.59 Å². The van der Waals surface area contributed by atoms with Crippen molar-refractivity contribution in [3.63, 3.8) is 0 Å². The molecule has 21 heavy (non-hydrogen) atoms. The van der Waals surface area contributed by atoms with Crippen molar-refractivity contribution in [2.24, 2.45) is 11.1 Å². The summed E-state index contributed by atoms with van der Waals surface area (Å²) < 4.78 is 5.15. The molecule has 0 aliphatic heterocycles. The van der Waals surface area contributed by atoms with Crippen molar-refractivity contribution >= 4 is 17.6 Å². The van der Waals surface area contributed by atoms with E-state index < -0.39 is 23.5 Å². The van der Waals surface area contributed by atoms with Crippen molar-refractivity contribution in [2.75, 3.05) is 11.9 Å². The number of hydrogen-bond acceptors (Lipinski definition) is 4. The quantitative estimate of drug-likeness (QED) is 0.743. The van der Waals surface area contributed by atoms with E-state index in [1.165, 1.54) is 0 Å². The van der Waals surface area contributed by atoms with Gasteiger partial charge in [-0.1, -0.05) is 12.1 Å². The van der Waals surface area contributed by atoms with Crippen LogP contribution in [0.3, 0.4) is 0 Å². The molecule has 0 spiro atoms. The topological polar surface area (TPSA) is 102 Å². The third-order valence-electron chi connectivity index (χ3n) is 3.66. The largest absolute Gasteiger partial charge is 0.480 e. The first-order valence-electron chi connectivity index (χ1n) is 6.59. The molecule has 0 aromatic heterocycles. The Morgan fingerprint density at radius 3 is 2.33 bits per heavy atom. The van der Waals surface area contributed by atoms with E-state index >= 15 is 0 Å². The molecule has 0 saturated carbocycles. The fourth-order valence-corrected chi connectivity index (χ4v) is 1.41. The first kappa shape index (κ1) is 17.0. The Bertz CT molecular complexity index is 533.